The Balaban J connectivity index is 0.00000520. The number of ether oxygens (including phenoxy) is 3. The molecule has 1 radical (unpaired) electrons. The second-order valence-corrected chi connectivity index (χ2v) is 11.9. The molecule has 3 aliphatic rings. The molecule has 3 aliphatic heterocycles. The predicted octanol–water partition coefficient (Wildman–Crippen LogP) is 5.94. The fraction of sp³-hybridized carbons (Fsp3) is 0.378. The Hall–Kier alpha value is -4.25. The average molecular weight is 745 g/mol. The number of methoxy groups -OCH3 is 3. The standard InChI is InChI=1S/C37H41N4O6.Ag/c1-10-22-18(3)26-15-28-20(5)24(12-13-32(42)45-7)35(40-28)25(14-33(43)46-8)36-34(37(44)47-9)21(6)29(41-36)17-31-23(11-2)19(4)27(39-31)16-30(22)38-26;/h10,15-17,20,24H,1,11-14H2,2-9H3,(H-,38,39,40,41,44);/q-1;/p-1. The second kappa shape index (κ2) is 14.9. The first-order valence-electron chi connectivity index (χ1n) is 15.7. The summed E-state index contributed by atoms with van der Waals surface area (Å²) in [5.41, 5.74) is 10.3. The summed E-state index contributed by atoms with van der Waals surface area (Å²) in [7, 11) is 3.97. The molecule has 0 fully saturated rings. The number of allylic oxidation sites excluding steroid dienone is 4. The molecule has 0 saturated heterocycles. The summed E-state index contributed by atoms with van der Waals surface area (Å²) in [5, 5.41) is 0. The molecule has 2 unspecified atom stereocenters. The van der Waals surface area contributed by atoms with Gasteiger partial charge in [0.05, 0.1) is 56.1 Å². The van der Waals surface area contributed by atoms with Crippen molar-refractivity contribution in [2.45, 2.75) is 72.1 Å². The number of fused-ring (bicyclic) bond motifs is 8. The van der Waals surface area contributed by atoms with Crippen molar-refractivity contribution in [1.29, 1.82) is 0 Å². The summed E-state index contributed by atoms with van der Waals surface area (Å²) in [6.45, 7) is 14.0. The molecule has 0 aromatic carbocycles. The Morgan fingerprint density at radius 3 is 2.17 bits per heavy atom. The Labute approximate surface area is 296 Å². The number of hydrogen-bond acceptors (Lipinski definition) is 8. The van der Waals surface area contributed by atoms with Gasteiger partial charge in [0.2, 0.25) is 0 Å². The van der Waals surface area contributed by atoms with Gasteiger partial charge in [-0.1, -0.05) is 55.8 Å². The Morgan fingerprint density at radius 1 is 0.875 bits per heavy atom. The van der Waals surface area contributed by atoms with Crippen molar-refractivity contribution < 1.29 is 51.0 Å². The van der Waals surface area contributed by atoms with Crippen molar-refractivity contribution in [3.63, 3.8) is 0 Å². The summed E-state index contributed by atoms with van der Waals surface area (Å²) in [6.07, 6.45) is 2.86. The number of carbonyl (C=O) groups is 3. The van der Waals surface area contributed by atoms with E-state index in [1.165, 1.54) is 21.3 Å². The van der Waals surface area contributed by atoms with E-state index in [1.54, 1.807) is 13.0 Å². The summed E-state index contributed by atoms with van der Waals surface area (Å²) in [4.78, 5) is 58.9. The summed E-state index contributed by atoms with van der Waals surface area (Å²) >= 11 is 0. The van der Waals surface area contributed by atoms with E-state index in [-0.39, 0.29) is 58.6 Å². The van der Waals surface area contributed by atoms with Gasteiger partial charge in [0.1, 0.15) is 0 Å². The van der Waals surface area contributed by atoms with Crippen LogP contribution in [0.1, 0.15) is 103 Å². The van der Waals surface area contributed by atoms with E-state index in [4.69, 9.17) is 34.1 Å². The van der Waals surface area contributed by atoms with Crippen molar-refractivity contribution >= 4 is 51.2 Å². The van der Waals surface area contributed by atoms with Crippen molar-refractivity contribution in [3.8, 4) is 0 Å². The maximum Gasteiger partial charge on any atom is 0.340 e. The third kappa shape index (κ3) is 6.57. The minimum absolute atomic E-state index is 0. The van der Waals surface area contributed by atoms with Gasteiger partial charge in [0, 0.05) is 34.4 Å². The van der Waals surface area contributed by atoms with Crippen LogP contribution >= 0.6 is 0 Å². The van der Waals surface area contributed by atoms with Crippen LogP contribution in [-0.4, -0.2) is 49.2 Å². The predicted molar refractivity (Wildman–Crippen MR) is 180 cm³/mol. The van der Waals surface area contributed by atoms with Gasteiger partial charge in [-0.05, 0) is 62.2 Å². The van der Waals surface area contributed by atoms with Gasteiger partial charge >= 0.3 is 17.9 Å². The Kier molecular flexibility index (Phi) is 11.3. The van der Waals surface area contributed by atoms with Crippen LogP contribution in [0.25, 0.3) is 33.3 Å². The number of esters is 3. The molecule has 2 aromatic heterocycles. The third-order valence-electron chi connectivity index (χ3n) is 9.40. The molecule has 10 nitrogen and oxygen atoms in total. The van der Waals surface area contributed by atoms with E-state index in [2.05, 4.69) is 13.5 Å². The van der Waals surface area contributed by atoms with Crippen molar-refractivity contribution in [3.05, 3.63) is 81.7 Å². The minimum atomic E-state index is -0.587. The fourth-order valence-corrected chi connectivity index (χ4v) is 6.62. The number of rotatable bonds is 8. The van der Waals surface area contributed by atoms with Gasteiger partial charge in [0.25, 0.3) is 0 Å². The second-order valence-electron chi connectivity index (χ2n) is 11.9. The molecule has 5 rings (SSSR count). The zero-order chi connectivity index (χ0) is 34.2. The molecule has 48 heavy (non-hydrogen) atoms. The molecular weight excluding hydrogens is 704 g/mol. The van der Waals surface area contributed by atoms with E-state index < -0.39 is 11.9 Å². The molecule has 2 atom stereocenters. The van der Waals surface area contributed by atoms with Crippen LogP contribution in [0.3, 0.4) is 0 Å². The molecule has 11 heteroatoms. The molecule has 0 aliphatic carbocycles. The number of nitrogens with zero attached hydrogens (tertiary/aromatic N) is 4. The molecule has 2 aromatic rings. The van der Waals surface area contributed by atoms with Crippen LogP contribution in [0.15, 0.2) is 30.9 Å². The first-order chi connectivity index (χ1) is 22.5. The van der Waals surface area contributed by atoms with Crippen LogP contribution in [0.4, 0.5) is 0 Å². The van der Waals surface area contributed by atoms with E-state index in [0.717, 1.165) is 56.8 Å². The number of aryl methyl sites for hydroxylation is 2. The normalized spacial score (nSPS) is 16.2. The monoisotopic (exact) mass is 743 g/mol. The number of carbonyl (C=O) groups excluding carboxylic acids is 3. The van der Waals surface area contributed by atoms with E-state index in [0.29, 0.717) is 34.6 Å². The summed E-state index contributed by atoms with van der Waals surface area (Å²) < 4.78 is 15.3. The summed E-state index contributed by atoms with van der Waals surface area (Å²) in [6, 6.07) is 5.80. The summed E-state index contributed by atoms with van der Waals surface area (Å²) in [5.74, 6) is -1.95. The molecule has 0 saturated carbocycles. The van der Waals surface area contributed by atoms with Crippen LogP contribution in [-0.2, 0) is 63.8 Å². The van der Waals surface area contributed by atoms with Crippen molar-refractivity contribution in [2.24, 2.45) is 0 Å². The first-order valence-corrected chi connectivity index (χ1v) is 15.7. The van der Waals surface area contributed by atoms with Gasteiger partial charge in [-0.2, -0.15) is 5.69 Å². The smallest absolute Gasteiger partial charge is 0.340 e. The van der Waals surface area contributed by atoms with Crippen LogP contribution < -0.4 is 9.97 Å². The first kappa shape index (κ1) is 36.6. The molecule has 0 amide bonds. The number of hydrogen-bond donors (Lipinski definition) is 0. The van der Waals surface area contributed by atoms with Crippen LogP contribution in [0.2, 0.25) is 0 Å². The fourth-order valence-electron chi connectivity index (χ4n) is 6.62. The third-order valence-corrected chi connectivity index (χ3v) is 9.40. The van der Waals surface area contributed by atoms with Gasteiger partial charge in [-0.15, -0.1) is 16.7 Å². The molecule has 0 N–H and O–H groups in total. The maximum atomic E-state index is 13.4. The maximum absolute atomic E-state index is 13.4. The van der Waals surface area contributed by atoms with E-state index in [9.17, 15) is 14.4 Å². The molecule has 5 heterocycles. The molecule has 0 spiro atoms. The average Bonchev–Trinajstić information content (AvgIpc) is 3.74. The zero-order valence-corrected chi connectivity index (χ0v) is 30.0. The Morgan fingerprint density at radius 2 is 1.54 bits per heavy atom. The van der Waals surface area contributed by atoms with Gasteiger partial charge in [-0.25, -0.2) is 14.8 Å². The minimum Gasteiger partial charge on any atom is -0.664 e. The van der Waals surface area contributed by atoms with Crippen molar-refractivity contribution in [1.82, 2.24) is 19.9 Å². The van der Waals surface area contributed by atoms with Gasteiger partial charge in [0.15, 0.2) is 0 Å². The number of aromatic nitrogens is 4. The molecular formula is C37H40AgN4O6-2. The van der Waals surface area contributed by atoms with Crippen LogP contribution in [0.5, 0.6) is 0 Å². The molecule has 257 valence electrons. The van der Waals surface area contributed by atoms with Crippen molar-refractivity contribution in [2.75, 3.05) is 21.3 Å². The van der Waals surface area contributed by atoms with E-state index in [1.807, 2.05) is 39.0 Å². The molecule has 8 bridgehead atoms. The van der Waals surface area contributed by atoms with Crippen LogP contribution in [0, 0.1) is 6.92 Å². The van der Waals surface area contributed by atoms with Gasteiger partial charge < -0.3 is 24.2 Å². The SMILES string of the molecule is C=CC1=C(C)c2cc3[n-]c(c(CC(=O)OC)c4nc(cc5[n-]c(cc1n2)c(C)c5CC)C(C)=C4C(=O)OC)C(CCC(=O)OC)C3C.[Ag]. The quantitative estimate of drug-likeness (QED) is 0.182. The zero-order valence-electron chi connectivity index (χ0n) is 28.5. The van der Waals surface area contributed by atoms with Gasteiger partial charge in [-0.3, -0.25) is 9.59 Å². The van der Waals surface area contributed by atoms with E-state index >= 15 is 0 Å². The Bertz CT molecular complexity index is 1950. The largest absolute Gasteiger partial charge is 0.664 e. The topological polar surface area (TPSA) is 133 Å².